The van der Waals surface area contributed by atoms with Gasteiger partial charge in [-0.15, -0.1) is 0 Å². The van der Waals surface area contributed by atoms with Gasteiger partial charge in [0, 0.05) is 49.3 Å². The lowest BCUT2D eigenvalue weighted by Gasteiger charge is -2.34. The highest BCUT2D eigenvalue weighted by molar-refractivity contribution is 5.85. The van der Waals surface area contributed by atoms with Gasteiger partial charge in [-0.1, -0.05) is 18.2 Å². The molecule has 38 heavy (non-hydrogen) atoms. The van der Waals surface area contributed by atoms with E-state index in [4.69, 9.17) is 15.7 Å². The largest absolute Gasteiger partial charge is 0.383 e. The fourth-order valence-corrected chi connectivity index (χ4v) is 5.77. The van der Waals surface area contributed by atoms with E-state index in [1.54, 1.807) is 6.20 Å². The van der Waals surface area contributed by atoms with Crippen LogP contribution in [0.1, 0.15) is 17.5 Å². The van der Waals surface area contributed by atoms with Gasteiger partial charge in [0.25, 0.3) is 0 Å². The molecule has 0 unspecified atom stereocenters. The quantitative estimate of drug-likeness (QED) is 0.375. The first-order valence-electron chi connectivity index (χ1n) is 13.4. The van der Waals surface area contributed by atoms with Gasteiger partial charge in [0.15, 0.2) is 11.5 Å². The van der Waals surface area contributed by atoms with Crippen molar-refractivity contribution in [3.05, 3.63) is 84.1 Å². The second-order valence-electron chi connectivity index (χ2n) is 10.4. The third-order valence-electron chi connectivity index (χ3n) is 7.93. The summed E-state index contributed by atoms with van der Waals surface area (Å²) in [5, 5.41) is 0. The molecule has 0 bridgehead atoms. The number of imidazole rings is 1. The van der Waals surface area contributed by atoms with E-state index in [0.717, 1.165) is 78.5 Å². The molecule has 1 aliphatic carbocycles. The average molecular weight is 502 g/mol. The molecule has 3 aromatic heterocycles. The maximum Gasteiger partial charge on any atom is 0.165 e. The van der Waals surface area contributed by atoms with Crippen molar-refractivity contribution in [3.8, 4) is 28.3 Å². The third kappa shape index (κ3) is 4.00. The van der Waals surface area contributed by atoms with Crippen LogP contribution in [0.4, 0.5) is 11.5 Å². The Balaban J connectivity index is 1.37. The molecule has 2 aliphatic rings. The van der Waals surface area contributed by atoms with E-state index in [-0.39, 0.29) is 0 Å². The van der Waals surface area contributed by atoms with Crippen LogP contribution in [0.25, 0.3) is 39.5 Å². The number of likely N-dealkylation sites (N-methyl/N-ethyl adjacent to an activating group) is 1. The van der Waals surface area contributed by atoms with E-state index < -0.39 is 0 Å². The topological polar surface area (TPSA) is 76.1 Å². The van der Waals surface area contributed by atoms with Gasteiger partial charge in [-0.05, 0) is 86.0 Å². The van der Waals surface area contributed by atoms with Crippen molar-refractivity contribution in [1.29, 1.82) is 0 Å². The standard InChI is InChI=1S/C31H31N7/c1-36-15-17-37(18-16-36)24-8-3-7-23(20-24)27-12-13-28-31(34-27)38(25-11-10-21-5-2-6-22(21)19-25)30(35-28)26-9-4-14-33-29(26)32/h3-4,7-14,19-20H,2,5-6,15-18H2,1H3,(H2,32,33). The normalized spacial score (nSPS) is 15.8. The Morgan fingerprint density at radius 2 is 1.66 bits per heavy atom. The number of hydrogen-bond donors (Lipinski definition) is 1. The number of hydrogen-bond acceptors (Lipinski definition) is 6. The minimum atomic E-state index is 0.463. The van der Waals surface area contributed by atoms with Crippen LogP contribution < -0.4 is 10.6 Å². The molecule has 0 saturated carbocycles. The van der Waals surface area contributed by atoms with Crippen molar-refractivity contribution in [1.82, 2.24) is 24.4 Å². The molecule has 5 aromatic rings. The smallest absolute Gasteiger partial charge is 0.165 e. The summed E-state index contributed by atoms with van der Waals surface area (Å²) in [6.07, 6.45) is 5.18. The Morgan fingerprint density at radius 3 is 2.53 bits per heavy atom. The Labute approximate surface area is 222 Å². The molecule has 2 N–H and O–H groups in total. The molecule has 0 spiro atoms. The van der Waals surface area contributed by atoms with Crippen LogP contribution in [0.3, 0.4) is 0 Å². The van der Waals surface area contributed by atoms with Crippen molar-refractivity contribution in [2.24, 2.45) is 0 Å². The molecule has 2 aromatic carbocycles. The number of nitrogens with two attached hydrogens (primary N) is 1. The van der Waals surface area contributed by atoms with Crippen LogP contribution in [-0.2, 0) is 12.8 Å². The number of rotatable bonds is 4. The average Bonchev–Trinajstić information content (AvgIpc) is 3.57. The van der Waals surface area contributed by atoms with Crippen LogP contribution in [-0.4, -0.2) is 57.6 Å². The number of nitrogen functional groups attached to an aromatic ring is 1. The van der Waals surface area contributed by atoms with Gasteiger partial charge in [-0.25, -0.2) is 15.0 Å². The molecule has 1 saturated heterocycles. The highest BCUT2D eigenvalue weighted by atomic mass is 15.2. The highest BCUT2D eigenvalue weighted by Gasteiger charge is 2.21. The molecule has 4 heterocycles. The predicted molar refractivity (Wildman–Crippen MR) is 154 cm³/mol. The molecule has 1 aliphatic heterocycles. The zero-order chi connectivity index (χ0) is 25.6. The lowest BCUT2D eigenvalue weighted by atomic mass is 10.1. The highest BCUT2D eigenvalue weighted by Crippen LogP contribution is 2.34. The van der Waals surface area contributed by atoms with E-state index in [9.17, 15) is 0 Å². The lowest BCUT2D eigenvalue weighted by molar-refractivity contribution is 0.313. The Morgan fingerprint density at radius 1 is 0.789 bits per heavy atom. The Bertz CT molecular complexity index is 1650. The maximum atomic E-state index is 6.34. The number of anilines is 2. The maximum absolute atomic E-state index is 6.34. The molecular weight excluding hydrogens is 470 g/mol. The number of piperazine rings is 1. The van der Waals surface area contributed by atoms with Crippen molar-refractivity contribution in [2.45, 2.75) is 19.3 Å². The second kappa shape index (κ2) is 9.26. The summed E-state index contributed by atoms with van der Waals surface area (Å²) in [5.41, 5.74) is 16.0. The molecule has 7 rings (SSSR count). The summed E-state index contributed by atoms with van der Waals surface area (Å²) in [5.74, 6) is 1.23. The van der Waals surface area contributed by atoms with Crippen molar-refractivity contribution >= 4 is 22.7 Å². The van der Waals surface area contributed by atoms with Crippen LogP contribution in [0.15, 0.2) is 72.9 Å². The van der Waals surface area contributed by atoms with Crippen molar-refractivity contribution < 1.29 is 0 Å². The molecule has 0 atom stereocenters. The second-order valence-corrected chi connectivity index (χ2v) is 10.4. The van der Waals surface area contributed by atoms with Crippen LogP contribution in [0.5, 0.6) is 0 Å². The molecule has 7 heteroatoms. The molecule has 190 valence electrons. The number of aryl methyl sites for hydroxylation is 2. The first kappa shape index (κ1) is 22.9. The molecule has 0 amide bonds. The van der Waals surface area contributed by atoms with E-state index in [2.05, 4.69) is 81.0 Å². The third-order valence-corrected chi connectivity index (χ3v) is 7.93. The van der Waals surface area contributed by atoms with Crippen LogP contribution in [0, 0.1) is 0 Å². The summed E-state index contributed by atoms with van der Waals surface area (Å²) in [6.45, 7) is 4.23. The number of nitrogens with zero attached hydrogens (tertiary/aromatic N) is 6. The SMILES string of the molecule is CN1CCN(c2cccc(-c3ccc4nc(-c5cccnc5N)n(-c5ccc6c(c5)CCC6)c4n3)c2)CC1. The number of fused-ring (bicyclic) bond motifs is 2. The summed E-state index contributed by atoms with van der Waals surface area (Å²) in [7, 11) is 2.18. The van der Waals surface area contributed by atoms with E-state index in [1.165, 1.54) is 23.2 Å². The van der Waals surface area contributed by atoms with Gasteiger partial charge in [0.1, 0.15) is 11.3 Å². The minimum Gasteiger partial charge on any atom is -0.383 e. The fourth-order valence-electron chi connectivity index (χ4n) is 5.77. The van der Waals surface area contributed by atoms with Gasteiger partial charge in [-0.2, -0.15) is 0 Å². The summed E-state index contributed by atoms with van der Waals surface area (Å²) >= 11 is 0. The first-order chi connectivity index (χ1) is 18.6. The van der Waals surface area contributed by atoms with Crippen LogP contribution in [0.2, 0.25) is 0 Å². The fraction of sp³-hybridized carbons (Fsp3) is 0.258. The molecular formula is C31H31N7. The lowest BCUT2D eigenvalue weighted by Crippen LogP contribution is -2.44. The zero-order valence-electron chi connectivity index (χ0n) is 21.6. The van der Waals surface area contributed by atoms with Gasteiger partial charge >= 0.3 is 0 Å². The van der Waals surface area contributed by atoms with Crippen molar-refractivity contribution in [2.75, 3.05) is 43.9 Å². The number of pyridine rings is 2. The molecule has 7 nitrogen and oxygen atoms in total. The summed E-state index contributed by atoms with van der Waals surface area (Å²) in [6, 6.07) is 23.5. The molecule has 1 fully saturated rings. The monoisotopic (exact) mass is 501 g/mol. The van der Waals surface area contributed by atoms with Gasteiger partial charge in [-0.3, -0.25) is 4.57 Å². The Kier molecular flexibility index (Phi) is 5.59. The van der Waals surface area contributed by atoms with Gasteiger partial charge in [0.2, 0.25) is 0 Å². The minimum absolute atomic E-state index is 0.463. The van der Waals surface area contributed by atoms with E-state index in [1.807, 2.05) is 12.1 Å². The van der Waals surface area contributed by atoms with Gasteiger partial charge < -0.3 is 15.5 Å². The summed E-state index contributed by atoms with van der Waals surface area (Å²) in [4.78, 5) is 19.4. The molecule has 0 radical (unpaired) electrons. The number of benzene rings is 2. The first-order valence-corrected chi connectivity index (χ1v) is 13.4. The zero-order valence-corrected chi connectivity index (χ0v) is 21.6. The summed E-state index contributed by atoms with van der Waals surface area (Å²) < 4.78 is 2.15. The van der Waals surface area contributed by atoms with E-state index in [0.29, 0.717) is 5.82 Å². The number of aromatic nitrogens is 4. The van der Waals surface area contributed by atoms with E-state index >= 15 is 0 Å². The Hall–Kier alpha value is -4.23. The van der Waals surface area contributed by atoms with Crippen molar-refractivity contribution in [3.63, 3.8) is 0 Å². The van der Waals surface area contributed by atoms with Crippen LogP contribution >= 0.6 is 0 Å². The van der Waals surface area contributed by atoms with Gasteiger partial charge in [0.05, 0.1) is 11.3 Å². The predicted octanol–water partition coefficient (Wildman–Crippen LogP) is 4.97.